The number of nitrogens with one attached hydrogen (secondary N) is 2. The average molecular weight is 373 g/mol. The number of nitrogens with zero attached hydrogens (tertiary/aromatic N) is 1. The number of hydrogen-bond donors (Lipinski definition) is 2. The van der Waals surface area contributed by atoms with Gasteiger partial charge in [0.05, 0.1) is 0 Å². The summed E-state index contributed by atoms with van der Waals surface area (Å²) in [4.78, 5) is 13.6. The van der Waals surface area contributed by atoms with Crippen molar-refractivity contribution in [2.45, 2.75) is 19.1 Å². The molecule has 1 aromatic carbocycles. The van der Waals surface area contributed by atoms with Gasteiger partial charge in [0, 0.05) is 43.7 Å². The maximum atomic E-state index is 13.4. The number of furan rings is 1. The quantitative estimate of drug-likeness (QED) is 0.809. The first-order chi connectivity index (χ1) is 12.3. The number of carbonyl (C=O) groups is 1. The molecule has 1 saturated heterocycles. The number of alkyl halides is 3. The number of amides is 1. The van der Waals surface area contributed by atoms with Crippen LogP contribution in [0.5, 0.6) is 0 Å². The smallest absolute Gasteiger partial charge is 0.405 e. The van der Waals surface area contributed by atoms with Gasteiger partial charge in [0.2, 0.25) is 0 Å². The maximum Gasteiger partial charge on any atom is 0.405 e. The van der Waals surface area contributed by atoms with E-state index in [4.69, 9.17) is 4.42 Å². The van der Waals surface area contributed by atoms with Gasteiger partial charge in [-0.05, 0) is 25.1 Å². The summed E-state index contributed by atoms with van der Waals surface area (Å²) in [6.07, 6.45) is -4.46. The lowest BCUT2D eigenvalue weighted by Gasteiger charge is -2.35. The summed E-state index contributed by atoms with van der Waals surface area (Å²) >= 11 is 0. The van der Waals surface area contributed by atoms with Crippen LogP contribution in [0.15, 0.2) is 22.6 Å². The second-order valence-electron chi connectivity index (χ2n) is 6.25. The highest BCUT2D eigenvalue weighted by Crippen LogP contribution is 2.27. The predicted octanol–water partition coefficient (Wildman–Crippen LogP) is 2.45. The largest absolute Gasteiger partial charge is 0.451 e. The number of rotatable bonds is 4. The van der Waals surface area contributed by atoms with Crippen LogP contribution in [0.1, 0.15) is 16.1 Å². The van der Waals surface area contributed by atoms with Gasteiger partial charge in [-0.25, -0.2) is 4.39 Å². The molecule has 0 spiro atoms. The van der Waals surface area contributed by atoms with Crippen LogP contribution in [0, 0.1) is 12.7 Å². The van der Waals surface area contributed by atoms with Gasteiger partial charge in [-0.1, -0.05) is 0 Å². The van der Waals surface area contributed by atoms with Gasteiger partial charge in [0.15, 0.2) is 5.76 Å². The van der Waals surface area contributed by atoms with Crippen molar-refractivity contribution >= 4 is 16.9 Å². The first kappa shape index (κ1) is 18.7. The fraction of sp³-hybridized carbons (Fsp3) is 0.471. The molecule has 9 heteroatoms. The van der Waals surface area contributed by atoms with Crippen molar-refractivity contribution in [3.05, 3.63) is 35.3 Å². The van der Waals surface area contributed by atoms with E-state index in [1.807, 2.05) is 0 Å². The molecule has 1 aliphatic rings. The van der Waals surface area contributed by atoms with E-state index >= 15 is 0 Å². The van der Waals surface area contributed by atoms with E-state index in [9.17, 15) is 22.4 Å². The Morgan fingerprint density at radius 1 is 1.35 bits per heavy atom. The minimum Gasteiger partial charge on any atom is -0.451 e. The monoisotopic (exact) mass is 373 g/mol. The number of benzene rings is 1. The molecule has 142 valence electrons. The number of halogens is 4. The van der Waals surface area contributed by atoms with Crippen LogP contribution in [-0.2, 0) is 0 Å². The van der Waals surface area contributed by atoms with Gasteiger partial charge < -0.3 is 15.1 Å². The Kier molecular flexibility index (Phi) is 5.19. The Hall–Kier alpha value is -2.13. The molecule has 2 aromatic rings. The first-order valence-corrected chi connectivity index (χ1v) is 8.25. The molecular formula is C17H19F4N3O2. The van der Waals surface area contributed by atoms with Gasteiger partial charge in [-0.15, -0.1) is 0 Å². The highest BCUT2D eigenvalue weighted by Gasteiger charge is 2.44. The summed E-state index contributed by atoms with van der Waals surface area (Å²) in [6.45, 7) is 2.43. The number of fused-ring (bicyclic) bond motifs is 1. The number of carbonyl (C=O) groups excluding carboxylic acids is 1. The fourth-order valence-corrected chi connectivity index (χ4v) is 3.13. The molecule has 5 nitrogen and oxygen atoms in total. The highest BCUT2D eigenvalue weighted by molar-refractivity contribution is 5.98. The third-order valence-corrected chi connectivity index (χ3v) is 4.53. The molecule has 0 saturated carbocycles. The number of aryl methyl sites for hydroxylation is 1. The van der Waals surface area contributed by atoms with Crippen LogP contribution in [0.4, 0.5) is 17.6 Å². The van der Waals surface area contributed by atoms with E-state index in [2.05, 4.69) is 10.6 Å². The Bertz CT molecular complexity index is 797. The molecule has 1 amide bonds. The van der Waals surface area contributed by atoms with Crippen LogP contribution in [0.2, 0.25) is 0 Å². The normalized spacial score (nSPS) is 17.4. The standard InChI is InChI=1S/C17H19F4N3O2/c1-10-12-8-11(18)2-3-13(12)26-15(10)16(25)23-9-14(17(19,20)21)24-6-4-22-5-7-24/h2-3,8,14,22H,4-7,9H2,1H3,(H,23,25). The minimum absolute atomic E-state index is 0.105. The Labute approximate surface area is 147 Å². The van der Waals surface area contributed by atoms with Gasteiger partial charge in [0.25, 0.3) is 5.91 Å². The van der Waals surface area contributed by atoms with Gasteiger partial charge in [-0.3, -0.25) is 9.69 Å². The number of hydrogen-bond acceptors (Lipinski definition) is 4. The molecule has 1 fully saturated rings. The summed E-state index contributed by atoms with van der Waals surface area (Å²) in [6, 6.07) is 2.03. The summed E-state index contributed by atoms with van der Waals surface area (Å²) in [5.74, 6) is -1.33. The molecule has 26 heavy (non-hydrogen) atoms. The van der Waals surface area contributed by atoms with Crippen molar-refractivity contribution in [2.24, 2.45) is 0 Å². The van der Waals surface area contributed by atoms with Crippen LogP contribution >= 0.6 is 0 Å². The Balaban J connectivity index is 1.75. The average Bonchev–Trinajstić information content (AvgIpc) is 2.91. The van der Waals surface area contributed by atoms with Gasteiger partial charge in [-0.2, -0.15) is 13.2 Å². The van der Waals surface area contributed by atoms with Crippen molar-refractivity contribution in [3.8, 4) is 0 Å². The van der Waals surface area contributed by atoms with E-state index < -0.39 is 30.5 Å². The molecule has 2 heterocycles. The molecule has 1 atom stereocenters. The van der Waals surface area contributed by atoms with Crippen LogP contribution in [-0.4, -0.2) is 55.7 Å². The third-order valence-electron chi connectivity index (χ3n) is 4.53. The van der Waals surface area contributed by atoms with Crippen molar-refractivity contribution in [2.75, 3.05) is 32.7 Å². The highest BCUT2D eigenvalue weighted by atomic mass is 19.4. The summed E-state index contributed by atoms with van der Waals surface area (Å²) < 4.78 is 58.8. The van der Waals surface area contributed by atoms with E-state index in [-0.39, 0.29) is 18.8 Å². The summed E-state index contributed by atoms with van der Waals surface area (Å²) in [5, 5.41) is 5.73. The van der Waals surface area contributed by atoms with Crippen molar-refractivity contribution < 1.29 is 26.8 Å². The van der Waals surface area contributed by atoms with Crippen molar-refractivity contribution in [3.63, 3.8) is 0 Å². The molecule has 0 radical (unpaired) electrons. The topological polar surface area (TPSA) is 57.5 Å². The van der Waals surface area contributed by atoms with E-state index in [1.165, 1.54) is 23.1 Å². The zero-order chi connectivity index (χ0) is 18.9. The second-order valence-corrected chi connectivity index (χ2v) is 6.25. The summed E-state index contributed by atoms with van der Waals surface area (Å²) in [5.41, 5.74) is 0.700. The zero-order valence-electron chi connectivity index (χ0n) is 14.1. The molecule has 1 aromatic heterocycles. The maximum absolute atomic E-state index is 13.4. The van der Waals surface area contributed by atoms with Crippen molar-refractivity contribution in [1.29, 1.82) is 0 Å². The van der Waals surface area contributed by atoms with E-state index in [0.717, 1.165) is 0 Å². The first-order valence-electron chi connectivity index (χ1n) is 8.25. The molecule has 1 unspecified atom stereocenters. The third kappa shape index (κ3) is 3.83. The Morgan fingerprint density at radius 3 is 2.69 bits per heavy atom. The van der Waals surface area contributed by atoms with E-state index in [0.29, 0.717) is 29.6 Å². The van der Waals surface area contributed by atoms with Crippen molar-refractivity contribution in [1.82, 2.24) is 15.5 Å². The number of piperazine rings is 1. The molecule has 1 aliphatic heterocycles. The fourth-order valence-electron chi connectivity index (χ4n) is 3.13. The van der Waals surface area contributed by atoms with Crippen LogP contribution in [0.25, 0.3) is 11.0 Å². The molecule has 3 rings (SSSR count). The lowest BCUT2D eigenvalue weighted by Crippen LogP contribution is -2.57. The Morgan fingerprint density at radius 2 is 2.04 bits per heavy atom. The zero-order valence-corrected chi connectivity index (χ0v) is 14.1. The summed E-state index contributed by atoms with van der Waals surface area (Å²) in [7, 11) is 0. The molecule has 0 aliphatic carbocycles. The minimum atomic E-state index is -4.46. The van der Waals surface area contributed by atoms with Crippen LogP contribution in [0.3, 0.4) is 0 Å². The molecule has 2 N–H and O–H groups in total. The SMILES string of the molecule is Cc1c(C(=O)NCC(N2CCNCC2)C(F)(F)F)oc2ccc(F)cc12. The van der Waals surface area contributed by atoms with Crippen LogP contribution < -0.4 is 10.6 Å². The van der Waals surface area contributed by atoms with Gasteiger partial charge in [0.1, 0.15) is 17.4 Å². The van der Waals surface area contributed by atoms with E-state index in [1.54, 1.807) is 6.92 Å². The lowest BCUT2D eigenvalue weighted by molar-refractivity contribution is -0.183. The predicted molar refractivity (Wildman–Crippen MR) is 87.5 cm³/mol. The lowest BCUT2D eigenvalue weighted by atomic mass is 10.1. The van der Waals surface area contributed by atoms with Gasteiger partial charge >= 0.3 is 6.18 Å². The molecule has 0 bridgehead atoms. The second kappa shape index (κ2) is 7.24. The molecular weight excluding hydrogens is 354 g/mol.